The smallest absolute Gasteiger partial charge is 0.129 e. The van der Waals surface area contributed by atoms with E-state index in [0.29, 0.717) is 17.9 Å². The minimum Gasteiger partial charge on any atom is -0.316 e. The van der Waals surface area contributed by atoms with Crippen LogP contribution < -0.4 is 5.32 Å². The van der Waals surface area contributed by atoms with Gasteiger partial charge in [0.2, 0.25) is 0 Å². The van der Waals surface area contributed by atoms with E-state index >= 15 is 0 Å². The second-order valence-corrected chi connectivity index (χ2v) is 6.04. The van der Waals surface area contributed by atoms with E-state index in [1.165, 1.54) is 38.2 Å². The minimum atomic E-state index is -0.504. The first-order chi connectivity index (χ1) is 9.63. The van der Waals surface area contributed by atoms with Gasteiger partial charge in [0.25, 0.3) is 0 Å². The predicted molar refractivity (Wildman–Crippen MR) is 78.6 cm³/mol. The van der Waals surface area contributed by atoms with Gasteiger partial charge in [0.1, 0.15) is 11.6 Å². The van der Waals surface area contributed by atoms with Gasteiger partial charge in [-0.15, -0.1) is 0 Å². The standard InChI is InChI=1S/C17H25F2N/c1-3-12-5-4-6-14(9-12)17(20-2)10-13-7-8-15(18)11-16(13)19/h7-8,11-12,14,17,20H,3-6,9-10H2,1-2H3. The van der Waals surface area contributed by atoms with Crippen LogP contribution in [0.25, 0.3) is 0 Å². The van der Waals surface area contributed by atoms with Crippen molar-refractivity contribution < 1.29 is 8.78 Å². The summed E-state index contributed by atoms with van der Waals surface area (Å²) in [4.78, 5) is 0. The van der Waals surface area contributed by atoms with Crippen molar-refractivity contribution in [2.24, 2.45) is 11.8 Å². The normalized spacial score (nSPS) is 24.6. The van der Waals surface area contributed by atoms with Crippen LogP contribution in [0.4, 0.5) is 8.78 Å². The van der Waals surface area contributed by atoms with Gasteiger partial charge in [-0.3, -0.25) is 0 Å². The van der Waals surface area contributed by atoms with Crippen LogP contribution in [0, 0.1) is 23.5 Å². The molecule has 0 amide bonds. The molecule has 3 unspecified atom stereocenters. The van der Waals surface area contributed by atoms with Crippen molar-refractivity contribution in [1.29, 1.82) is 0 Å². The molecule has 0 radical (unpaired) electrons. The van der Waals surface area contributed by atoms with Crippen molar-refractivity contribution in [2.75, 3.05) is 7.05 Å². The summed E-state index contributed by atoms with van der Waals surface area (Å²) in [5.74, 6) is 0.481. The molecule has 112 valence electrons. The molecule has 3 atom stereocenters. The highest BCUT2D eigenvalue weighted by Crippen LogP contribution is 2.34. The van der Waals surface area contributed by atoms with Gasteiger partial charge in [0.05, 0.1) is 0 Å². The van der Waals surface area contributed by atoms with Crippen molar-refractivity contribution in [3.05, 3.63) is 35.4 Å². The fourth-order valence-electron chi connectivity index (χ4n) is 3.50. The van der Waals surface area contributed by atoms with Gasteiger partial charge < -0.3 is 5.32 Å². The molecular weight excluding hydrogens is 256 g/mol. The molecule has 2 rings (SSSR count). The summed E-state index contributed by atoms with van der Waals surface area (Å²) in [5.41, 5.74) is 0.615. The van der Waals surface area contributed by atoms with Gasteiger partial charge in [-0.25, -0.2) is 8.78 Å². The van der Waals surface area contributed by atoms with Gasteiger partial charge in [-0.05, 0) is 49.8 Å². The summed E-state index contributed by atoms with van der Waals surface area (Å²) in [6.45, 7) is 2.25. The van der Waals surface area contributed by atoms with Gasteiger partial charge in [0, 0.05) is 12.1 Å². The van der Waals surface area contributed by atoms with Gasteiger partial charge >= 0.3 is 0 Å². The molecule has 3 heteroatoms. The zero-order chi connectivity index (χ0) is 14.5. The predicted octanol–water partition coefficient (Wildman–Crippen LogP) is 4.31. The fourth-order valence-corrected chi connectivity index (χ4v) is 3.50. The highest BCUT2D eigenvalue weighted by Gasteiger charge is 2.27. The van der Waals surface area contributed by atoms with Crippen LogP contribution in [0.3, 0.4) is 0 Å². The third-order valence-electron chi connectivity index (χ3n) is 4.80. The number of rotatable bonds is 5. The maximum Gasteiger partial charge on any atom is 0.129 e. The Morgan fingerprint density at radius 3 is 2.75 bits per heavy atom. The van der Waals surface area contributed by atoms with Crippen LogP contribution in [0.5, 0.6) is 0 Å². The molecule has 0 heterocycles. The average molecular weight is 281 g/mol. The van der Waals surface area contributed by atoms with Crippen LogP contribution in [-0.2, 0) is 6.42 Å². The second kappa shape index (κ2) is 7.16. The number of hydrogen-bond donors (Lipinski definition) is 1. The molecule has 1 aliphatic rings. The third-order valence-corrected chi connectivity index (χ3v) is 4.80. The number of hydrogen-bond acceptors (Lipinski definition) is 1. The molecule has 1 N–H and O–H groups in total. The molecule has 0 aliphatic heterocycles. The number of nitrogens with one attached hydrogen (secondary N) is 1. The molecule has 1 aliphatic carbocycles. The number of likely N-dealkylation sites (N-methyl/N-ethyl adjacent to an activating group) is 1. The lowest BCUT2D eigenvalue weighted by Gasteiger charge is -2.34. The monoisotopic (exact) mass is 281 g/mol. The molecule has 1 aromatic carbocycles. The number of halogens is 2. The Morgan fingerprint density at radius 2 is 2.10 bits per heavy atom. The Hall–Kier alpha value is -0.960. The van der Waals surface area contributed by atoms with Crippen LogP contribution in [-0.4, -0.2) is 13.1 Å². The van der Waals surface area contributed by atoms with Crippen molar-refractivity contribution in [1.82, 2.24) is 5.32 Å². The van der Waals surface area contributed by atoms with Crippen LogP contribution in [0.2, 0.25) is 0 Å². The molecule has 1 aromatic rings. The lowest BCUT2D eigenvalue weighted by atomic mass is 9.75. The van der Waals surface area contributed by atoms with Gasteiger partial charge in [-0.1, -0.05) is 32.3 Å². The Balaban J connectivity index is 2.04. The molecule has 0 bridgehead atoms. The Bertz CT molecular complexity index is 433. The van der Waals surface area contributed by atoms with E-state index in [0.717, 1.165) is 12.0 Å². The Kier molecular flexibility index (Phi) is 5.53. The third kappa shape index (κ3) is 3.78. The SMILES string of the molecule is CCC1CCCC(C(Cc2ccc(F)cc2F)NC)C1. The lowest BCUT2D eigenvalue weighted by molar-refractivity contribution is 0.212. The summed E-state index contributed by atoms with van der Waals surface area (Å²) < 4.78 is 26.8. The maximum absolute atomic E-state index is 13.8. The zero-order valence-corrected chi connectivity index (χ0v) is 12.5. The first kappa shape index (κ1) is 15.4. The molecule has 1 saturated carbocycles. The molecule has 0 spiro atoms. The first-order valence-corrected chi connectivity index (χ1v) is 7.75. The first-order valence-electron chi connectivity index (χ1n) is 7.75. The van der Waals surface area contributed by atoms with Crippen molar-refractivity contribution in [3.8, 4) is 0 Å². The highest BCUT2D eigenvalue weighted by molar-refractivity contribution is 5.20. The average Bonchev–Trinajstić information content (AvgIpc) is 2.46. The minimum absolute atomic E-state index is 0.282. The van der Waals surface area contributed by atoms with Crippen LogP contribution >= 0.6 is 0 Å². The van der Waals surface area contributed by atoms with Crippen LogP contribution in [0.1, 0.15) is 44.6 Å². The van der Waals surface area contributed by atoms with E-state index < -0.39 is 11.6 Å². The largest absolute Gasteiger partial charge is 0.316 e. The van der Waals surface area contributed by atoms with E-state index in [1.807, 2.05) is 7.05 Å². The Morgan fingerprint density at radius 1 is 1.30 bits per heavy atom. The molecule has 0 saturated heterocycles. The van der Waals surface area contributed by atoms with Gasteiger partial charge in [-0.2, -0.15) is 0 Å². The summed E-state index contributed by atoms with van der Waals surface area (Å²) in [6.07, 6.45) is 6.92. The van der Waals surface area contributed by atoms with Gasteiger partial charge in [0.15, 0.2) is 0 Å². The molecule has 0 aromatic heterocycles. The molecular formula is C17H25F2N. The summed E-state index contributed by atoms with van der Waals surface area (Å²) in [5, 5.41) is 3.35. The van der Waals surface area contributed by atoms with E-state index in [-0.39, 0.29) is 6.04 Å². The van der Waals surface area contributed by atoms with Crippen molar-refractivity contribution in [3.63, 3.8) is 0 Å². The quantitative estimate of drug-likeness (QED) is 0.848. The van der Waals surface area contributed by atoms with Crippen molar-refractivity contribution in [2.45, 2.75) is 51.5 Å². The topological polar surface area (TPSA) is 12.0 Å². The van der Waals surface area contributed by atoms with E-state index in [4.69, 9.17) is 0 Å². The zero-order valence-electron chi connectivity index (χ0n) is 12.5. The van der Waals surface area contributed by atoms with E-state index in [2.05, 4.69) is 12.2 Å². The lowest BCUT2D eigenvalue weighted by Crippen LogP contribution is -2.38. The second-order valence-electron chi connectivity index (χ2n) is 6.04. The molecule has 1 fully saturated rings. The summed E-state index contributed by atoms with van der Waals surface area (Å²) in [7, 11) is 1.95. The summed E-state index contributed by atoms with van der Waals surface area (Å²) in [6, 6.07) is 4.19. The summed E-state index contributed by atoms with van der Waals surface area (Å²) >= 11 is 0. The van der Waals surface area contributed by atoms with Crippen molar-refractivity contribution >= 4 is 0 Å². The highest BCUT2D eigenvalue weighted by atomic mass is 19.1. The number of benzene rings is 1. The van der Waals surface area contributed by atoms with E-state index in [1.54, 1.807) is 6.07 Å². The Labute approximate surface area is 120 Å². The molecule has 1 nitrogen and oxygen atoms in total. The molecule has 20 heavy (non-hydrogen) atoms. The fraction of sp³-hybridized carbons (Fsp3) is 0.647. The van der Waals surface area contributed by atoms with Crippen LogP contribution in [0.15, 0.2) is 18.2 Å². The maximum atomic E-state index is 13.8. The van der Waals surface area contributed by atoms with E-state index in [9.17, 15) is 8.78 Å².